The Morgan fingerprint density at radius 2 is 2.12 bits per heavy atom. The van der Waals surface area contributed by atoms with Gasteiger partial charge in [-0.1, -0.05) is 20.8 Å². The summed E-state index contributed by atoms with van der Waals surface area (Å²) in [5, 5.41) is 0. The highest BCUT2D eigenvalue weighted by molar-refractivity contribution is 5.91. The highest BCUT2D eigenvalue weighted by Gasteiger charge is 2.22. The lowest BCUT2D eigenvalue weighted by Crippen LogP contribution is -2.10. The van der Waals surface area contributed by atoms with Crippen molar-refractivity contribution in [1.82, 2.24) is 4.98 Å². The Balaban J connectivity index is 2.86. The zero-order valence-electron chi connectivity index (χ0n) is 10.2. The van der Waals surface area contributed by atoms with Crippen LogP contribution in [0.5, 0.6) is 0 Å². The number of rotatable bonds is 3. The van der Waals surface area contributed by atoms with Gasteiger partial charge in [0.25, 0.3) is 0 Å². The van der Waals surface area contributed by atoms with Gasteiger partial charge < -0.3 is 14.9 Å². The third-order valence-corrected chi connectivity index (χ3v) is 1.85. The van der Waals surface area contributed by atoms with E-state index in [9.17, 15) is 4.79 Å². The first-order chi connectivity index (χ1) is 7.33. The Morgan fingerprint density at radius 3 is 2.62 bits per heavy atom. The van der Waals surface area contributed by atoms with Gasteiger partial charge in [0.15, 0.2) is 5.89 Å². The van der Waals surface area contributed by atoms with E-state index in [1.165, 1.54) is 0 Å². The molecule has 0 saturated carbocycles. The van der Waals surface area contributed by atoms with Crippen LogP contribution in [0.4, 0.5) is 5.88 Å². The summed E-state index contributed by atoms with van der Waals surface area (Å²) in [7, 11) is 0. The number of nitrogens with zero attached hydrogens (tertiary/aromatic N) is 1. The maximum absolute atomic E-state index is 11.4. The lowest BCUT2D eigenvalue weighted by molar-refractivity contribution is 0.0521. The van der Waals surface area contributed by atoms with Crippen molar-refractivity contribution in [1.29, 1.82) is 0 Å². The Kier molecular flexibility index (Phi) is 3.57. The minimum Gasteiger partial charge on any atom is -0.461 e. The predicted octanol–water partition coefficient (Wildman–Crippen LogP) is 2.02. The lowest BCUT2D eigenvalue weighted by atomic mass is 9.92. The van der Waals surface area contributed by atoms with E-state index in [4.69, 9.17) is 14.9 Å². The standard InChI is InChI=1S/C11H18N2O3/c1-5-15-10(14)8-9(12)16-7(13-8)6-11(2,3)4/h5-6,12H2,1-4H3. The SMILES string of the molecule is CCOC(=O)c1nc(CC(C)(C)C)oc1N. The normalized spacial score (nSPS) is 11.5. The van der Waals surface area contributed by atoms with Gasteiger partial charge in [0, 0.05) is 6.42 Å². The number of carbonyl (C=O) groups excluding carboxylic acids is 1. The van der Waals surface area contributed by atoms with E-state index in [1.807, 2.05) is 0 Å². The van der Waals surface area contributed by atoms with Crippen molar-refractivity contribution in [2.24, 2.45) is 5.41 Å². The van der Waals surface area contributed by atoms with Crippen molar-refractivity contribution in [2.75, 3.05) is 12.3 Å². The topological polar surface area (TPSA) is 78.3 Å². The molecular formula is C11H18N2O3. The van der Waals surface area contributed by atoms with Crippen molar-refractivity contribution < 1.29 is 13.9 Å². The van der Waals surface area contributed by atoms with E-state index in [-0.39, 0.29) is 17.0 Å². The van der Waals surface area contributed by atoms with Gasteiger partial charge in [-0.25, -0.2) is 9.78 Å². The summed E-state index contributed by atoms with van der Waals surface area (Å²) < 4.78 is 10.0. The molecule has 0 amide bonds. The molecule has 90 valence electrons. The van der Waals surface area contributed by atoms with Gasteiger partial charge in [-0.3, -0.25) is 0 Å². The van der Waals surface area contributed by atoms with Crippen LogP contribution in [-0.2, 0) is 11.2 Å². The summed E-state index contributed by atoms with van der Waals surface area (Å²) >= 11 is 0. The van der Waals surface area contributed by atoms with Gasteiger partial charge in [0.1, 0.15) is 0 Å². The van der Waals surface area contributed by atoms with Crippen LogP contribution < -0.4 is 5.73 Å². The number of oxazole rings is 1. The number of nitrogens with two attached hydrogens (primary N) is 1. The number of carbonyl (C=O) groups is 1. The van der Waals surface area contributed by atoms with Crippen LogP contribution in [0, 0.1) is 5.41 Å². The molecule has 2 N–H and O–H groups in total. The molecule has 16 heavy (non-hydrogen) atoms. The molecule has 0 spiro atoms. The average molecular weight is 226 g/mol. The molecule has 1 heterocycles. The van der Waals surface area contributed by atoms with Crippen LogP contribution in [0.15, 0.2) is 4.42 Å². The van der Waals surface area contributed by atoms with E-state index >= 15 is 0 Å². The lowest BCUT2D eigenvalue weighted by Gasteiger charge is -2.14. The van der Waals surface area contributed by atoms with Crippen LogP contribution in [-0.4, -0.2) is 17.6 Å². The molecular weight excluding hydrogens is 208 g/mol. The quantitative estimate of drug-likeness (QED) is 0.798. The molecule has 0 aliphatic carbocycles. The fourth-order valence-corrected chi connectivity index (χ4v) is 1.25. The van der Waals surface area contributed by atoms with Crippen molar-refractivity contribution in [2.45, 2.75) is 34.1 Å². The number of anilines is 1. The Labute approximate surface area is 95.0 Å². The first-order valence-electron chi connectivity index (χ1n) is 5.26. The summed E-state index contributed by atoms with van der Waals surface area (Å²) in [5.41, 5.74) is 5.66. The maximum atomic E-state index is 11.4. The summed E-state index contributed by atoms with van der Waals surface area (Å²) in [6, 6.07) is 0. The fourth-order valence-electron chi connectivity index (χ4n) is 1.25. The molecule has 0 atom stereocenters. The smallest absolute Gasteiger partial charge is 0.362 e. The van der Waals surface area contributed by atoms with Gasteiger partial charge in [-0.2, -0.15) is 0 Å². The van der Waals surface area contributed by atoms with Gasteiger partial charge in [-0.15, -0.1) is 0 Å². The predicted molar refractivity (Wildman–Crippen MR) is 60.0 cm³/mol. The number of hydrogen-bond donors (Lipinski definition) is 1. The number of aromatic nitrogens is 1. The van der Waals surface area contributed by atoms with Crippen LogP contribution in [0.25, 0.3) is 0 Å². The maximum Gasteiger partial charge on any atom is 0.362 e. The Hall–Kier alpha value is -1.52. The Bertz CT molecular complexity index is 377. The van der Waals surface area contributed by atoms with Crippen molar-refractivity contribution in [3.05, 3.63) is 11.6 Å². The third-order valence-electron chi connectivity index (χ3n) is 1.85. The molecule has 0 unspecified atom stereocenters. The highest BCUT2D eigenvalue weighted by atomic mass is 16.5. The van der Waals surface area contributed by atoms with Crippen molar-refractivity contribution >= 4 is 11.9 Å². The van der Waals surface area contributed by atoms with Crippen LogP contribution in [0.2, 0.25) is 0 Å². The second-order valence-corrected chi connectivity index (χ2v) is 4.78. The molecule has 5 nitrogen and oxygen atoms in total. The van der Waals surface area contributed by atoms with Crippen LogP contribution >= 0.6 is 0 Å². The van der Waals surface area contributed by atoms with E-state index in [2.05, 4.69) is 25.8 Å². The second kappa shape index (κ2) is 4.55. The zero-order valence-corrected chi connectivity index (χ0v) is 10.2. The summed E-state index contributed by atoms with van der Waals surface area (Å²) in [6.07, 6.45) is 0.622. The number of esters is 1. The minimum absolute atomic E-state index is 0.0256. The average Bonchev–Trinajstić information content (AvgIpc) is 2.44. The van der Waals surface area contributed by atoms with Crippen LogP contribution in [0.3, 0.4) is 0 Å². The van der Waals surface area contributed by atoms with Gasteiger partial charge in [0.05, 0.1) is 6.61 Å². The minimum atomic E-state index is -0.538. The molecule has 0 aliphatic heterocycles. The van der Waals surface area contributed by atoms with Crippen molar-refractivity contribution in [3.63, 3.8) is 0 Å². The van der Waals surface area contributed by atoms with Gasteiger partial charge in [0.2, 0.25) is 11.6 Å². The molecule has 1 rings (SSSR count). The highest BCUT2D eigenvalue weighted by Crippen LogP contribution is 2.23. The fraction of sp³-hybridized carbons (Fsp3) is 0.636. The number of hydrogen-bond acceptors (Lipinski definition) is 5. The molecule has 0 aromatic carbocycles. The molecule has 0 bridgehead atoms. The largest absolute Gasteiger partial charge is 0.461 e. The molecule has 1 aromatic rings. The molecule has 5 heteroatoms. The van der Waals surface area contributed by atoms with E-state index in [1.54, 1.807) is 6.92 Å². The van der Waals surface area contributed by atoms with Crippen molar-refractivity contribution in [3.8, 4) is 0 Å². The van der Waals surface area contributed by atoms with Crippen LogP contribution in [0.1, 0.15) is 44.1 Å². The molecule has 0 saturated heterocycles. The van der Waals surface area contributed by atoms with E-state index < -0.39 is 5.97 Å². The van der Waals surface area contributed by atoms with E-state index in [0.29, 0.717) is 18.9 Å². The summed E-state index contributed by atoms with van der Waals surface area (Å²) in [4.78, 5) is 15.5. The van der Waals surface area contributed by atoms with Gasteiger partial charge in [-0.05, 0) is 12.3 Å². The Morgan fingerprint density at radius 1 is 1.50 bits per heavy atom. The summed E-state index contributed by atoms with van der Waals surface area (Å²) in [6.45, 7) is 8.18. The van der Waals surface area contributed by atoms with Gasteiger partial charge >= 0.3 is 5.97 Å². The second-order valence-electron chi connectivity index (χ2n) is 4.78. The number of ether oxygens (including phenoxy) is 1. The zero-order chi connectivity index (χ0) is 12.3. The monoisotopic (exact) mass is 226 g/mol. The third kappa shape index (κ3) is 3.25. The molecule has 0 fully saturated rings. The first-order valence-corrected chi connectivity index (χ1v) is 5.26. The molecule has 1 aromatic heterocycles. The molecule has 0 aliphatic rings. The van der Waals surface area contributed by atoms with E-state index in [0.717, 1.165) is 0 Å². The molecule has 0 radical (unpaired) electrons. The summed E-state index contributed by atoms with van der Waals surface area (Å²) in [5.74, 6) is -0.0466. The number of nitrogen functional groups attached to an aromatic ring is 1. The first kappa shape index (κ1) is 12.5.